The molecule has 0 saturated heterocycles. The number of phenolic OH excluding ortho intramolecular Hbond substituents is 2. The van der Waals surface area contributed by atoms with E-state index in [1.165, 1.54) is 18.2 Å². The molecule has 0 radical (unpaired) electrons. The molecular formula is C29H37NO4. The van der Waals surface area contributed by atoms with Gasteiger partial charge in [0.15, 0.2) is 5.78 Å². The lowest BCUT2D eigenvalue weighted by Crippen LogP contribution is -2.60. The van der Waals surface area contributed by atoms with Crippen LogP contribution in [-0.4, -0.2) is 27.9 Å². The molecule has 0 aromatic heterocycles. The van der Waals surface area contributed by atoms with Crippen LogP contribution in [0, 0.1) is 35.5 Å². The van der Waals surface area contributed by atoms with Crippen LogP contribution in [0.15, 0.2) is 42.5 Å². The van der Waals surface area contributed by atoms with E-state index >= 15 is 0 Å². The number of nitrogens with one attached hydrogen (secondary N) is 1. The average molecular weight is 464 g/mol. The minimum atomic E-state index is -0.339. The zero-order chi connectivity index (χ0) is 24.8. The molecule has 2 aromatic rings. The van der Waals surface area contributed by atoms with Gasteiger partial charge in [0.2, 0.25) is 0 Å². The molecule has 182 valence electrons. The van der Waals surface area contributed by atoms with Crippen LogP contribution in [0.2, 0.25) is 0 Å². The van der Waals surface area contributed by atoms with Crippen LogP contribution in [0.3, 0.4) is 0 Å². The van der Waals surface area contributed by atoms with Crippen molar-refractivity contribution in [2.24, 2.45) is 28.6 Å². The largest absolute Gasteiger partial charge is 0.508 e. The number of aromatic hydroxyl groups is 2. The highest BCUT2D eigenvalue weighted by Gasteiger charge is 2.58. The standard InChI is InChI=1S/C29H37NO4/c1-17-9-6-7-10-22(17)27(34)30-23-16-24-28(3,4)11-8-12-29(24,5)25(18(23)2)26(33)19-13-20(31)15-21(32)14-19/h6-7,9-10,13-15,18,23-25,31-32H,8,11-12,16H2,1-5H3,(H,30,34)/t18-,23+,24-,25+,29-/m0/s1. The van der Waals surface area contributed by atoms with Crippen molar-refractivity contribution in [2.75, 3.05) is 0 Å². The zero-order valence-corrected chi connectivity index (χ0v) is 20.9. The summed E-state index contributed by atoms with van der Waals surface area (Å²) in [6.07, 6.45) is 3.93. The van der Waals surface area contributed by atoms with Crippen molar-refractivity contribution in [1.29, 1.82) is 0 Å². The highest BCUT2D eigenvalue weighted by atomic mass is 16.3. The normalized spacial score (nSPS) is 30.3. The number of carbonyl (C=O) groups excluding carboxylic acids is 2. The van der Waals surface area contributed by atoms with E-state index in [0.717, 1.165) is 31.2 Å². The maximum Gasteiger partial charge on any atom is 0.251 e. The van der Waals surface area contributed by atoms with Gasteiger partial charge in [-0.1, -0.05) is 52.3 Å². The predicted octanol–water partition coefficient (Wildman–Crippen LogP) is 5.88. The van der Waals surface area contributed by atoms with Gasteiger partial charge in [-0.25, -0.2) is 0 Å². The average Bonchev–Trinajstić information content (AvgIpc) is 2.74. The van der Waals surface area contributed by atoms with Crippen molar-refractivity contribution in [2.45, 2.75) is 66.3 Å². The lowest BCUT2D eigenvalue weighted by molar-refractivity contribution is -0.0902. The second-order valence-corrected chi connectivity index (χ2v) is 11.5. The van der Waals surface area contributed by atoms with Crippen molar-refractivity contribution < 1.29 is 19.8 Å². The summed E-state index contributed by atoms with van der Waals surface area (Å²) in [6.45, 7) is 10.8. The summed E-state index contributed by atoms with van der Waals surface area (Å²) in [5.74, 6) is -0.600. The highest BCUT2D eigenvalue weighted by Crippen LogP contribution is 2.61. The van der Waals surface area contributed by atoms with E-state index in [9.17, 15) is 19.8 Å². The van der Waals surface area contributed by atoms with Crippen LogP contribution in [0.25, 0.3) is 0 Å². The number of Topliss-reactive ketones (excluding diaryl/α,β-unsaturated/α-hetero) is 1. The second kappa shape index (κ2) is 8.75. The molecule has 2 aromatic carbocycles. The molecule has 1 amide bonds. The number of amides is 1. The quantitative estimate of drug-likeness (QED) is 0.495. The topological polar surface area (TPSA) is 86.6 Å². The van der Waals surface area contributed by atoms with Crippen LogP contribution in [0.1, 0.15) is 79.7 Å². The number of rotatable bonds is 4. The van der Waals surface area contributed by atoms with Gasteiger partial charge in [0.25, 0.3) is 5.91 Å². The Labute approximate surface area is 202 Å². The fourth-order valence-electron chi connectivity index (χ4n) is 7.15. The SMILES string of the molecule is Cc1ccccc1C(=O)N[C@@H]1C[C@H]2C(C)(C)CCC[C@]2(C)[C@@H](C(=O)c2cc(O)cc(O)c2)[C@H]1C. The first-order chi connectivity index (χ1) is 15.9. The van der Waals surface area contributed by atoms with Gasteiger partial charge in [-0.3, -0.25) is 9.59 Å². The van der Waals surface area contributed by atoms with Gasteiger partial charge in [-0.05, 0) is 72.6 Å². The van der Waals surface area contributed by atoms with Gasteiger partial charge in [-0.15, -0.1) is 0 Å². The number of phenols is 2. The van der Waals surface area contributed by atoms with Gasteiger partial charge in [0.05, 0.1) is 0 Å². The predicted molar refractivity (Wildman–Crippen MR) is 133 cm³/mol. The number of hydrogen-bond donors (Lipinski definition) is 3. The molecule has 0 spiro atoms. The molecule has 2 aliphatic carbocycles. The van der Waals surface area contributed by atoms with Crippen LogP contribution in [0.4, 0.5) is 0 Å². The van der Waals surface area contributed by atoms with Crippen molar-refractivity contribution >= 4 is 11.7 Å². The van der Waals surface area contributed by atoms with Crippen molar-refractivity contribution in [3.8, 4) is 11.5 Å². The smallest absolute Gasteiger partial charge is 0.251 e. The Morgan fingerprint density at radius 2 is 1.65 bits per heavy atom. The van der Waals surface area contributed by atoms with Gasteiger partial charge in [0.1, 0.15) is 11.5 Å². The van der Waals surface area contributed by atoms with Gasteiger partial charge in [0, 0.05) is 29.2 Å². The number of ketones is 1. The third-order valence-corrected chi connectivity index (χ3v) is 8.81. The third-order valence-electron chi connectivity index (χ3n) is 8.81. The summed E-state index contributed by atoms with van der Waals surface area (Å²) >= 11 is 0. The summed E-state index contributed by atoms with van der Waals surface area (Å²) in [4.78, 5) is 27.3. The minimum absolute atomic E-state index is 0.0400. The first kappa shape index (κ1) is 24.3. The second-order valence-electron chi connectivity index (χ2n) is 11.5. The summed E-state index contributed by atoms with van der Waals surface area (Å²) in [5, 5.41) is 23.4. The van der Waals surface area contributed by atoms with E-state index in [0.29, 0.717) is 11.1 Å². The third kappa shape index (κ3) is 4.21. The Morgan fingerprint density at radius 1 is 1.00 bits per heavy atom. The van der Waals surface area contributed by atoms with Crippen LogP contribution >= 0.6 is 0 Å². The Morgan fingerprint density at radius 3 is 2.29 bits per heavy atom. The molecule has 4 rings (SSSR count). The van der Waals surface area contributed by atoms with Gasteiger partial charge >= 0.3 is 0 Å². The van der Waals surface area contributed by atoms with Crippen LogP contribution < -0.4 is 5.32 Å². The molecule has 34 heavy (non-hydrogen) atoms. The summed E-state index contributed by atoms with van der Waals surface area (Å²) in [5.41, 5.74) is 1.71. The summed E-state index contributed by atoms with van der Waals surface area (Å²) in [6, 6.07) is 11.5. The maximum absolute atomic E-state index is 14.0. The van der Waals surface area contributed by atoms with E-state index in [4.69, 9.17) is 0 Å². The van der Waals surface area contributed by atoms with E-state index in [1.807, 2.05) is 31.2 Å². The molecule has 2 aliphatic rings. The van der Waals surface area contributed by atoms with E-state index in [2.05, 4.69) is 33.0 Å². The first-order valence-electron chi connectivity index (χ1n) is 12.4. The fourth-order valence-corrected chi connectivity index (χ4v) is 7.15. The maximum atomic E-state index is 14.0. The lowest BCUT2D eigenvalue weighted by atomic mass is 9.45. The molecule has 2 fully saturated rings. The molecule has 3 N–H and O–H groups in total. The fraction of sp³-hybridized carbons (Fsp3) is 0.517. The molecule has 0 aliphatic heterocycles. The number of fused-ring (bicyclic) bond motifs is 1. The zero-order valence-electron chi connectivity index (χ0n) is 20.9. The molecule has 2 saturated carbocycles. The minimum Gasteiger partial charge on any atom is -0.508 e. The van der Waals surface area contributed by atoms with E-state index in [1.54, 1.807) is 0 Å². The molecule has 0 bridgehead atoms. The Bertz CT molecular complexity index is 1090. The lowest BCUT2D eigenvalue weighted by Gasteiger charge is -2.60. The molecule has 5 heteroatoms. The molecule has 0 unspecified atom stereocenters. The molecular weight excluding hydrogens is 426 g/mol. The summed E-state index contributed by atoms with van der Waals surface area (Å²) < 4.78 is 0. The number of aryl methyl sites for hydroxylation is 1. The first-order valence-corrected chi connectivity index (χ1v) is 12.4. The summed E-state index contributed by atoms with van der Waals surface area (Å²) in [7, 11) is 0. The number of carbonyl (C=O) groups is 2. The van der Waals surface area contributed by atoms with Gasteiger partial charge in [-0.2, -0.15) is 0 Å². The Kier molecular flexibility index (Phi) is 6.26. The Hall–Kier alpha value is -2.82. The number of hydrogen-bond acceptors (Lipinski definition) is 4. The van der Waals surface area contributed by atoms with Crippen molar-refractivity contribution in [3.63, 3.8) is 0 Å². The molecule has 5 atom stereocenters. The van der Waals surface area contributed by atoms with Crippen molar-refractivity contribution in [3.05, 3.63) is 59.2 Å². The van der Waals surface area contributed by atoms with E-state index < -0.39 is 0 Å². The van der Waals surface area contributed by atoms with E-state index in [-0.39, 0.29) is 57.8 Å². The van der Waals surface area contributed by atoms with Gasteiger partial charge < -0.3 is 15.5 Å². The van der Waals surface area contributed by atoms with Crippen LogP contribution in [-0.2, 0) is 0 Å². The Balaban J connectivity index is 1.74. The van der Waals surface area contributed by atoms with Crippen LogP contribution in [0.5, 0.6) is 11.5 Å². The van der Waals surface area contributed by atoms with Crippen molar-refractivity contribution in [1.82, 2.24) is 5.32 Å². The molecule has 5 nitrogen and oxygen atoms in total. The molecule has 0 heterocycles. The number of benzene rings is 2. The monoisotopic (exact) mass is 463 g/mol. The highest BCUT2D eigenvalue weighted by molar-refractivity contribution is 6.00.